The Bertz CT molecular complexity index is 547. The van der Waals surface area contributed by atoms with Crippen LogP contribution in [-0.2, 0) is 4.79 Å². The Balaban J connectivity index is 1.99. The normalized spacial score (nSPS) is 17.0. The van der Waals surface area contributed by atoms with Crippen LogP contribution in [0.2, 0.25) is 0 Å². The van der Waals surface area contributed by atoms with Gasteiger partial charge in [-0.2, -0.15) is 5.26 Å². The zero-order valence-corrected chi connectivity index (χ0v) is 13.2. The first-order valence-corrected chi connectivity index (χ1v) is 8.23. The Morgan fingerprint density at radius 2 is 2.05 bits per heavy atom. The first kappa shape index (κ1) is 15.7. The number of anilines is 1. The van der Waals surface area contributed by atoms with Gasteiger partial charge in [0, 0.05) is 17.6 Å². The summed E-state index contributed by atoms with van der Waals surface area (Å²) in [5.74, 6) is 0.306. The van der Waals surface area contributed by atoms with Gasteiger partial charge in [-0.1, -0.05) is 31.4 Å². The van der Waals surface area contributed by atoms with Gasteiger partial charge in [-0.25, -0.2) is 0 Å². The molecule has 0 aromatic heterocycles. The molecule has 0 heterocycles. The Labute approximate surface area is 130 Å². The van der Waals surface area contributed by atoms with E-state index in [9.17, 15) is 10.1 Å². The highest BCUT2D eigenvalue weighted by Gasteiger charge is 2.38. The summed E-state index contributed by atoms with van der Waals surface area (Å²) >= 11 is 1.43. The number of carbonyl (C=O) groups excluding carboxylic acids is 1. The second-order valence-electron chi connectivity index (χ2n) is 5.48. The Kier molecular flexibility index (Phi) is 5.13. The molecular formula is C16H21N3OS. The third-order valence-corrected chi connectivity index (χ3v) is 5.25. The molecule has 2 rings (SSSR count). The molecule has 1 saturated carbocycles. The SMILES string of the molecule is CN(C(=O)CSc1ccccc1N)C1(C#N)CCCCC1. The van der Waals surface area contributed by atoms with Crippen LogP contribution in [0.3, 0.4) is 0 Å². The van der Waals surface area contributed by atoms with Gasteiger partial charge in [0.2, 0.25) is 5.91 Å². The molecule has 0 atom stereocenters. The fourth-order valence-corrected chi connectivity index (χ4v) is 3.63. The minimum atomic E-state index is -0.613. The molecule has 1 amide bonds. The van der Waals surface area contributed by atoms with Gasteiger partial charge in [0.05, 0.1) is 11.8 Å². The van der Waals surface area contributed by atoms with Gasteiger partial charge in [-0.15, -0.1) is 11.8 Å². The Morgan fingerprint density at radius 1 is 1.38 bits per heavy atom. The van der Waals surface area contributed by atoms with Crippen molar-refractivity contribution in [1.82, 2.24) is 4.90 Å². The van der Waals surface area contributed by atoms with Crippen molar-refractivity contribution < 1.29 is 4.79 Å². The fraction of sp³-hybridized carbons (Fsp3) is 0.500. The standard InChI is InChI=1S/C16H21N3OS/c1-19(16(12-17)9-5-2-6-10-16)15(20)11-21-14-8-4-3-7-13(14)18/h3-4,7-8H,2,5-6,9-11,18H2,1H3. The van der Waals surface area contributed by atoms with Crippen LogP contribution in [0.4, 0.5) is 5.69 Å². The maximum Gasteiger partial charge on any atom is 0.233 e. The summed E-state index contributed by atoms with van der Waals surface area (Å²) in [5, 5.41) is 9.52. The number of nitriles is 1. The molecule has 1 aliphatic carbocycles. The number of thioether (sulfide) groups is 1. The van der Waals surface area contributed by atoms with Crippen LogP contribution in [0.1, 0.15) is 32.1 Å². The van der Waals surface area contributed by atoms with E-state index in [4.69, 9.17) is 5.73 Å². The lowest BCUT2D eigenvalue weighted by Crippen LogP contribution is -2.50. The molecule has 1 aromatic rings. The summed E-state index contributed by atoms with van der Waals surface area (Å²) in [6.07, 6.45) is 4.75. The third kappa shape index (κ3) is 3.51. The van der Waals surface area contributed by atoms with Crippen molar-refractivity contribution in [3.05, 3.63) is 24.3 Å². The number of nitrogen functional groups attached to an aromatic ring is 1. The molecule has 1 fully saturated rings. The van der Waals surface area contributed by atoms with Crippen molar-refractivity contribution in [2.75, 3.05) is 18.5 Å². The Morgan fingerprint density at radius 3 is 2.67 bits per heavy atom. The van der Waals surface area contributed by atoms with E-state index in [1.54, 1.807) is 11.9 Å². The molecule has 1 aromatic carbocycles. The van der Waals surface area contributed by atoms with E-state index in [1.807, 2.05) is 24.3 Å². The minimum absolute atomic E-state index is 0.00768. The summed E-state index contributed by atoms with van der Waals surface area (Å²) < 4.78 is 0. The number of hydrogen-bond acceptors (Lipinski definition) is 4. The fourth-order valence-electron chi connectivity index (χ4n) is 2.75. The average Bonchev–Trinajstić information content (AvgIpc) is 2.53. The van der Waals surface area contributed by atoms with Crippen LogP contribution in [-0.4, -0.2) is 29.1 Å². The van der Waals surface area contributed by atoms with Crippen molar-refractivity contribution in [2.24, 2.45) is 0 Å². The molecule has 5 heteroatoms. The summed E-state index contributed by atoms with van der Waals surface area (Å²) in [6, 6.07) is 9.90. The van der Waals surface area contributed by atoms with Gasteiger partial charge in [-0.3, -0.25) is 4.79 Å². The molecule has 0 radical (unpaired) electrons. The molecule has 21 heavy (non-hydrogen) atoms. The van der Waals surface area contributed by atoms with Crippen LogP contribution in [0.25, 0.3) is 0 Å². The van der Waals surface area contributed by atoms with Crippen molar-refractivity contribution >= 4 is 23.4 Å². The van der Waals surface area contributed by atoms with Gasteiger partial charge in [0.1, 0.15) is 5.54 Å². The molecule has 4 nitrogen and oxygen atoms in total. The highest BCUT2D eigenvalue weighted by Crippen LogP contribution is 2.33. The van der Waals surface area contributed by atoms with Crippen LogP contribution in [0.5, 0.6) is 0 Å². The minimum Gasteiger partial charge on any atom is -0.398 e. The summed E-state index contributed by atoms with van der Waals surface area (Å²) in [5.41, 5.74) is 5.95. The highest BCUT2D eigenvalue weighted by atomic mass is 32.2. The molecule has 0 aliphatic heterocycles. The van der Waals surface area contributed by atoms with E-state index in [0.29, 0.717) is 11.4 Å². The quantitative estimate of drug-likeness (QED) is 0.685. The van der Waals surface area contributed by atoms with Crippen LogP contribution >= 0.6 is 11.8 Å². The van der Waals surface area contributed by atoms with Crippen molar-refractivity contribution in [1.29, 1.82) is 5.26 Å². The molecule has 0 bridgehead atoms. The number of para-hydroxylation sites is 1. The van der Waals surface area contributed by atoms with Gasteiger partial charge in [0.15, 0.2) is 0 Å². The zero-order valence-electron chi connectivity index (χ0n) is 12.3. The first-order valence-electron chi connectivity index (χ1n) is 7.24. The van der Waals surface area contributed by atoms with Crippen molar-refractivity contribution in [2.45, 2.75) is 42.5 Å². The number of benzene rings is 1. The van der Waals surface area contributed by atoms with Gasteiger partial charge in [-0.05, 0) is 25.0 Å². The van der Waals surface area contributed by atoms with E-state index < -0.39 is 5.54 Å². The molecule has 1 aliphatic rings. The Hall–Kier alpha value is -1.67. The molecular weight excluding hydrogens is 282 g/mol. The molecule has 0 spiro atoms. The molecule has 112 valence electrons. The number of nitrogens with two attached hydrogens (primary N) is 1. The molecule has 0 saturated heterocycles. The van der Waals surface area contributed by atoms with Crippen molar-refractivity contribution in [3.8, 4) is 6.07 Å². The van der Waals surface area contributed by atoms with Crippen LogP contribution in [0.15, 0.2) is 29.2 Å². The van der Waals surface area contributed by atoms with E-state index in [2.05, 4.69) is 6.07 Å². The number of hydrogen-bond donors (Lipinski definition) is 1. The van der Waals surface area contributed by atoms with Gasteiger partial charge >= 0.3 is 0 Å². The number of carbonyl (C=O) groups is 1. The summed E-state index contributed by atoms with van der Waals surface area (Å²) in [7, 11) is 1.76. The summed E-state index contributed by atoms with van der Waals surface area (Å²) in [6.45, 7) is 0. The predicted molar refractivity (Wildman–Crippen MR) is 85.8 cm³/mol. The van der Waals surface area contributed by atoms with Crippen molar-refractivity contribution in [3.63, 3.8) is 0 Å². The van der Waals surface area contributed by atoms with Crippen LogP contribution in [0, 0.1) is 11.3 Å². The smallest absolute Gasteiger partial charge is 0.233 e. The maximum absolute atomic E-state index is 12.4. The second-order valence-corrected chi connectivity index (χ2v) is 6.50. The lowest BCUT2D eigenvalue weighted by atomic mass is 9.81. The number of amides is 1. The molecule has 2 N–H and O–H groups in total. The van der Waals surface area contributed by atoms with E-state index in [-0.39, 0.29) is 5.91 Å². The summed E-state index contributed by atoms with van der Waals surface area (Å²) in [4.78, 5) is 15.0. The molecule has 0 unspecified atom stereocenters. The average molecular weight is 303 g/mol. The third-order valence-electron chi connectivity index (χ3n) is 4.18. The second kappa shape index (κ2) is 6.86. The largest absolute Gasteiger partial charge is 0.398 e. The lowest BCUT2D eigenvalue weighted by Gasteiger charge is -2.39. The lowest BCUT2D eigenvalue weighted by molar-refractivity contribution is -0.131. The monoisotopic (exact) mass is 303 g/mol. The maximum atomic E-state index is 12.4. The highest BCUT2D eigenvalue weighted by molar-refractivity contribution is 8.00. The number of nitrogens with zero attached hydrogens (tertiary/aromatic N) is 2. The van der Waals surface area contributed by atoms with E-state index in [0.717, 1.165) is 37.0 Å². The first-order chi connectivity index (χ1) is 10.1. The van der Waals surface area contributed by atoms with Crippen LogP contribution < -0.4 is 5.73 Å². The topological polar surface area (TPSA) is 70.1 Å². The van der Waals surface area contributed by atoms with Gasteiger partial charge in [0.25, 0.3) is 0 Å². The van der Waals surface area contributed by atoms with E-state index in [1.165, 1.54) is 11.8 Å². The van der Waals surface area contributed by atoms with E-state index >= 15 is 0 Å². The van der Waals surface area contributed by atoms with Gasteiger partial charge < -0.3 is 10.6 Å². The number of rotatable bonds is 4. The predicted octanol–water partition coefficient (Wildman–Crippen LogP) is 3.05. The zero-order chi connectivity index (χ0) is 15.3.